The van der Waals surface area contributed by atoms with Gasteiger partial charge in [0.2, 0.25) is 0 Å². The summed E-state index contributed by atoms with van der Waals surface area (Å²) in [4.78, 5) is 24.5. The number of benzene rings is 1. The second-order valence-corrected chi connectivity index (χ2v) is 5.18. The van der Waals surface area contributed by atoms with E-state index in [2.05, 4.69) is 12.2 Å². The van der Waals surface area contributed by atoms with Crippen molar-refractivity contribution in [1.29, 1.82) is 0 Å². The summed E-state index contributed by atoms with van der Waals surface area (Å²) in [6.07, 6.45) is 0.999. The number of carboxylic acid groups (broad SMARTS) is 1. The molecule has 1 fully saturated rings. The summed E-state index contributed by atoms with van der Waals surface area (Å²) >= 11 is 5.96. The van der Waals surface area contributed by atoms with Gasteiger partial charge < -0.3 is 15.3 Å². The molecule has 5 nitrogen and oxygen atoms in total. The predicted octanol–water partition coefficient (Wildman–Crippen LogP) is 2.91. The second kappa shape index (κ2) is 5.48. The lowest BCUT2D eigenvalue weighted by molar-refractivity contribution is 0.0697. The molecule has 0 radical (unpaired) electrons. The van der Waals surface area contributed by atoms with Crippen LogP contribution in [0.5, 0.6) is 0 Å². The molecule has 1 saturated heterocycles. The van der Waals surface area contributed by atoms with E-state index in [9.17, 15) is 9.59 Å². The molecule has 0 spiro atoms. The number of hydrogen-bond acceptors (Lipinski definition) is 2. The van der Waals surface area contributed by atoms with Gasteiger partial charge in [-0.3, -0.25) is 0 Å². The third-order valence-corrected chi connectivity index (χ3v) is 3.48. The lowest BCUT2D eigenvalue weighted by Gasteiger charge is -2.17. The van der Waals surface area contributed by atoms with Crippen LogP contribution in [0.2, 0.25) is 5.02 Å². The van der Waals surface area contributed by atoms with Crippen LogP contribution < -0.4 is 5.32 Å². The van der Waals surface area contributed by atoms with Crippen molar-refractivity contribution in [2.24, 2.45) is 5.92 Å². The van der Waals surface area contributed by atoms with E-state index in [0.29, 0.717) is 11.6 Å². The zero-order valence-electron chi connectivity index (χ0n) is 10.5. The molecule has 1 atom stereocenters. The summed E-state index contributed by atoms with van der Waals surface area (Å²) in [5.74, 6) is -0.538. The summed E-state index contributed by atoms with van der Waals surface area (Å²) in [5, 5.41) is 11.8. The number of carbonyl (C=O) groups excluding carboxylic acids is 1. The van der Waals surface area contributed by atoms with Crippen LogP contribution in [-0.4, -0.2) is 35.1 Å². The van der Waals surface area contributed by atoms with Crippen LogP contribution >= 0.6 is 11.6 Å². The van der Waals surface area contributed by atoms with E-state index in [1.165, 1.54) is 18.2 Å². The van der Waals surface area contributed by atoms with Gasteiger partial charge in [0.1, 0.15) is 0 Å². The minimum atomic E-state index is -1.05. The molecule has 102 valence electrons. The molecule has 0 saturated carbocycles. The van der Waals surface area contributed by atoms with Crippen molar-refractivity contribution in [2.75, 3.05) is 18.4 Å². The van der Waals surface area contributed by atoms with E-state index in [1.807, 2.05) is 0 Å². The number of rotatable bonds is 2. The quantitative estimate of drug-likeness (QED) is 0.876. The van der Waals surface area contributed by atoms with Gasteiger partial charge in [-0.1, -0.05) is 18.5 Å². The van der Waals surface area contributed by atoms with Gasteiger partial charge in [0.25, 0.3) is 0 Å². The van der Waals surface area contributed by atoms with Crippen molar-refractivity contribution in [2.45, 2.75) is 13.3 Å². The zero-order valence-corrected chi connectivity index (χ0v) is 11.3. The van der Waals surface area contributed by atoms with Crippen molar-refractivity contribution in [3.63, 3.8) is 0 Å². The molecule has 1 aromatic rings. The minimum Gasteiger partial charge on any atom is -0.478 e. The number of carboxylic acids is 1. The Balaban J connectivity index is 2.07. The average molecular weight is 283 g/mol. The molecule has 1 aliphatic heterocycles. The fourth-order valence-electron chi connectivity index (χ4n) is 2.06. The molecule has 1 heterocycles. The first-order chi connectivity index (χ1) is 8.97. The fraction of sp³-hybridized carbons (Fsp3) is 0.385. The van der Waals surface area contributed by atoms with E-state index >= 15 is 0 Å². The number of halogens is 1. The average Bonchev–Trinajstić information content (AvgIpc) is 2.78. The van der Waals surface area contributed by atoms with Gasteiger partial charge in [-0.25, -0.2) is 9.59 Å². The van der Waals surface area contributed by atoms with E-state index in [0.717, 1.165) is 19.5 Å². The molecule has 0 aromatic heterocycles. The van der Waals surface area contributed by atoms with Crippen LogP contribution in [0.4, 0.5) is 10.5 Å². The number of urea groups is 1. The van der Waals surface area contributed by atoms with Crippen molar-refractivity contribution in [1.82, 2.24) is 4.90 Å². The number of amides is 2. The monoisotopic (exact) mass is 282 g/mol. The van der Waals surface area contributed by atoms with Crippen LogP contribution in [-0.2, 0) is 0 Å². The summed E-state index contributed by atoms with van der Waals surface area (Å²) in [6.45, 7) is 3.57. The topological polar surface area (TPSA) is 69.6 Å². The molecular weight excluding hydrogens is 268 g/mol. The zero-order chi connectivity index (χ0) is 14.0. The third-order valence-electron chi connectivity index (χ3n) is 3.17. The smallest absolute Gasteiger partial charge is 0.335 e. The summed E-state index contributed by atoms with van der Waals surface area (Å²) in [6, 6.07) is 4.04. The van der Waals surface area contributed by atoms with E-state index in [-0.39, 0.29) is 16.6 Å². The molecule has 19 heavy (non-hydrogen) atoms. The van der Waals surface area contributed by atoms with Crippen LogP contribution in [0.15, 0.2) is 18.2 Å². The van der Waals surface area contributed by atoms with E-state index in [1.54, 1.807) is 4.90 Å². The van der Waals surface area contributed by atoms with Crippen LogP contribution in [0.3, 0.4) is 0 Å². The standard InChI is InChI=1S/C13H15ClN2O3/c1-8-4-5-16(7-8)13(19)15-11-3-2-9(12(17)18)6-10(11)14/h2-3,6,8H,4-5,7H2,1H3,(H,15,19)(H,17,18). The molecular formula is C13H15ClN2O3. The SMILES string of the molecule is CC1CCN(C(=O)Nc2ccc(C(=O)O)cc2Cl)C1. The Morgan fingerprint density at radius 3 is 2.74 bits per heavy atom. The predicted molar refractivity (Wildman–Crippen MR) is 72.8 cm³/mol. The summed E-state index contributed by atoms with van der Waals surface area (Å²) in [7, 11) is 0. The van der Waals surface area contributed by atoms with Crippen molar-refractivity contribution >= 4 is 29.3 Å². The number of anilines is 1. The number of likely N-dealkylation sites (tertiary alicyclic amines) is 1. The van der Waals surface area contributed by atoms with Crippen molar-refractivity contribution < 1.29 is 14.7 Å². The molecule has 2 N–H and O–H groups in total. The maximum Gasteiger partial charge on any atom is 0.335 e. The molecule has 1 aromatic carbocycles. The summed E-state index contributed by atoms with van der Waals surface area (Å²) in [5.41, 5.74) is 0.522. The highest BCUT2D eigenvalue weighted by atomic mass is 35.5. The second-order valence-electron chi connectivity index (χ2n) is 4.77. The molecule has 1 unspecified atom stereocenters. The first kappa shape index (κ1) is 13.7. The first-order valence-electron chi connectivity index (χ1n) is 6.06. The Morgan fingerprint density at radius 2 is 2.21 bits per heavy atom. The van der Waals surface area contributed by atoms with Crippen LogP contribution in [0.1, 0.15) is 23.7 Å². The maximum absolute atomic E-state index is 12.0. The Hall–Kier alpha value is -1.75. The van der Waals surface area contributed by atoms with Crippen molar-refractivity contribution in [3.8, 4) is 0 Å². The van der Waals surface area contributed by atoms with Gasteiger partial charge in [-0.15, -0.1) is 0 Å². The summed E-state index contributed by atoms with van der Waals surface area (Å²) < 4.78 is 0. The highest BCUT2D eigenvalue weighted by molar-refractivity contribution is 6.34. The number of aromatic carboxylic acids is 1. The Bertz CT molecular complexity index is 519. The Kier molecular flexibility index (Phi) is 3.95. The van der Waals surface area contributed by atoms with Gasteiger partial charge in [-0.05, 0) is 30.5 Å². The molecule has 1 aliphatic rings. The molecule has 2 rings (SSSR count). The highest BCUT2D eigenvalue weighted by Crippen LogP contribution is 2.24. The molecule has 0 aliphatic carbocycles. The van der Waals surface area contributed by atoms with E-state index < -0.39 is 5.97 Å². The molecule has 6 heteroatoms. The Morgan fingerprint density at radius 1 is 1.47 bits per heavy atom. The minimum absolute atomic E-state index is 0.0952. The number of nitrogens with one attached hydrogen (secondary N) is 1. The van der Waals surface area contributed by atoms with Gasteiger partial charge in [0, 0.05) is 13.1 Å². The van der Waals surface area contributed by atoms with Crippen molar-refractivity contribution in [3.05, 3.63) is 28.8 Å². The highest BCUT2D eigenvalue weighted by Gasteiger charge is 2.23. The largest absolute Gasteiger partial charge is 0.478 e. The van der Waals surface area contributed by atoms with Gasteiger partial charge >= 0.3 is 12.0 Å². The Labute approximate surface area is 116 Å². The first-order valence-corrected chi connectivity index (χ1v) is 6.44. The van der Waals surface area contributed by atoms with Gasteiger partial charge in [-0.2, -0.15) is 0 Å². The normalized spacial score (nSPS) is 18.4. The van der Waals surface area contributed by atoms with Crippen LogP contribution in [0.25, 0.3) is 0 Å². The van der Waals surface area contributed by atoms with Gasteiger partial charge in [0.05, 0.1) is 16.3 Å². The third kappa shape index (κ3) is 3.17. The van der Waals surface area contributed by atoms with Crippen LogP contribution in [0, 0.1) is 5.92 Å². The lowest BCUT2D eigenvalue weighted by Crippen LogP contribution is -2.32. The molecule has 2 amide bonds. The number of nitrogens with zero attached hydrogens (tertiary/aromatic N) is 1. The van der Waals surface area contributed by atoms with E-state index in [4.69, 9.17) is 16.7 Å². The molecule has 0 bridgehead atoms. The van der Waals surface area contributed by atoms with Gasteiger partial charge in [0.15, 0.2) is 0 Å². The fourth-order valence-corrected chi connectivity index (χ4v) is 2.29. The number of carbonyl (C=O) groups is 2. The lowest BCUT2D eigenvalue weighted by atomic mass is 10.2. The maximum atomic E-state index is 12.0. The number of hydrogen-bond donors (Lipinski definition) is 2.